The molecule has 22 heavy (non-hydrogen) atoms. The lowest BCUT2D eigenvalue weighted by Crippen LogP contribution is -2.35. The van der Waals surface area contributed by atoms with Crippen molar-refractivity contribution in [1.82, 2.24) is 0 Å². The molecule has 1 aromatic carbocycles. The monoisotopic (exact) mass is 315 g/mol. The van der Waals surface area contributed by atoms with Gasteiger partial charge in [0.15, 0.2) is 0 Å². The van der Waals surface area contributed by atoms with Gasteiger partial charge in [-0.3, -0.25) is 20.2 Å². The van der Waals surface area contributed by atoms with Gasteiger partial charge in [-0.05, 0) is 5.92 Å². The Bertz CT molecular complexity index is 621. The van der Waals surface area contributed by atoms with Crippen molar-refractivity contribution in [2.75, 3.05) is 5.32 Å². The van der Waals surface area contributed by atoms with Gasteiger partial charge in [0.2, 0.25) is 5.82 Å². The van der Waals surface area contributed by atoms with Gasteiger partial charge in [-0.25, -0.2) is 4.79 Å². The molecule has 1 rings (SSSR count). The minimum Gasteiger partial charge on any atom is -0.480 e. The van der Waals surface area contributed by atoms with E-state index in [0.717, 1.165) is 0 Å². The topological polar surface area (TPSA) is 136 Å². The molecule has 2 N–H and O–H groups in total. The number of aliphatic carboxylic acids is 1. The molecule has 0 fully saturated rings. The first-order chi connectivity index (χ1) is 10.2. The maximum absolute atomic E-state index is 13.6. The van der Waals surface area contributed by atoms with E-state index in [2.05, 4.69) is 5.32 Å². The Balaban J connectivity index is 3.34. The molecule has 0 amide bonds. The molecule has 0 saturated carbocycles. The van der Waals surface area contributed by atoms with Gasteiger partial charge in [0.25, 0.3) is 5.69 Å². The number of hydrogen-bond acceptors (Lipinski definition) is 6. The van der Waals surface area contributed by atoms with E-state index in [9.17, 15) is 29.4 Å². The second kappa shape index (κ2) is 6.78. The van der Waals surface area contributed by atoms with Crippen molar-refractivity contribution in [3.63, 3.8) is 0 Å². The van der Waals surface area contributed by atoms with E-state index in [1.165, 1.54) is 0 Å². The lowest BCUT2D eigenvalue weighted by molar-refractivity contribution is -0.395. The molecule has 0 aliphatic carbocycles. The van der Waals surface area contributed by atoms with E-state index in [0.29, 0.717) is 18.6 Å². The van der Waals surface area contributed by atoms with Crippen LogP contribution in [-0.4, -0.2) is 27.0 Å². The van der Waals surface area contributed by atoms with Gasteiger partial charge in [0.05, 0.1) is 15.9 Å². The van der Waals surface area contributed by atoms with Crippen LogP contribution in [0, 0.1) is 32.0 Å². The van der Waals surface area contributed by atoms with Crippen molar-refractivity contribution >= 4 is 23.0 Å². The molecule has 0 saturated heterocycles. The average Bonchev–Trinajstić information content (AvgIpc) is 2.42. The van der Waals surface area contributed by atoms with Gasteiger partial charge >= 0.3 is 11.7 Å². The quantitative estimate of drug-likeness (QED) is 0.582. The second-order valence-electron chi connectivity index (χ2n) is 4.68. The predicted octanol–water partition coefficient (Wildman–Crippen LogP) is 2.55. The third-order valence-electron chi connectivity index (χ3n) is 3.25. The number of benzene rings is 1. The Kier molecular flexibility index (Phi) is 5.33. The molecule has 120 valence electrons. The van der Waals surface area contributed by atoms with Crippen molar-refractivity contribution in [3.8, 4) is 0 Å². The molecule has 0 spiro atoms. The van der Waals surface area contributed by atoms with E-state index in [1.54, 1.807) is 13.8 Å². The van der Waals surface area contributed by atoms with Crippen molar-refractivity contribution < 1.29 is 24.1 Å². The van der Waals surface area contributed by atoms with Crippen LogP contribution in [0.15, 0.2) is 12.1 Å². The maximum Gasteiger partial charge on any atom is 0.326 e. The molecule has 0 aliphatic heterocycles. The average molecular weight is 315 g/mol. The SMILES string of the molecule is CC[C@H](C)[C@H](Nc1cc(F)c([N+](=O)[O-])cc1[N+](=O)[O-])C(=O)O. The number of anilines is 1. The highest BCUT2D eigenvalue weighted by molar-refractivity contribution is 5.79. The van der Waals surface area contributed by atoms with Crippen LogP contribution in [0.2, 0.25) is 0 Å². The van der Waals surface area contributed by atoms with E-state index in [1.807, 2.05) is 0 Å². The highest BCUT2D eigenvalue weighted by Gasteiger charge is 2.29. The van der Waals surface area contributed by atoms with Gasteiger partial charge in [-0.2, -0.15) is 4.39 Å². The molecule has 2 atom stereocenters. The zero-order valence-corrected chi connectivity index (χ0v) is 11.8. The summed E-state index contributed by atoms with van der Waals surface area (Å²) in [6.45, 7) is 3.34. The summed E-state index contributed by atoms with van der Waals surface area (Å²) in [5, 5.41) is 33.1. The number of carbonyl (C=O) groups is 1. The van der Waals surface area contributed by atoms with Crippen LogP contribution in [0.5, 0.6) is 0 Å². The molecular formula is C12H14FN3O6. The normalized spacial score (nSPS) is 13.2. The highest BCUT2D eigenvalue weighted by Crippen LogP contribution is 2.33. The van der Waals surface area contributed by atoms with Crippen molar-refractivity contribution in [2.24, 2.45) is 5.92 Å². The molecule has 9 nitrogen and oxygen atoms in total. The summed E-state index contributed by atoms with van der Waals surface area (Å²) in [4.78, 5) is 30.8. The van der Waals surface area contributed by atoms with Gasteiger partial charge in [-0.1, -0.05) is 20.3 Å². The van der Waals surface area contributed by atoms with Crippen LogP contribution in [0.3, 0.4) is 0 Å². The fourth-order valence-corrected chi connectivity index (χ4v) is 1.81. The Morgan fingerprint density at radius 3 is 2.27 bits per heavy atom. The van der Waals surface area contributed by atoms with E-state index in [-0.39, 0.29) is 0 Å². The van der Waals surface area contributed by atoms with Crippen molar-refractivity contribution in [3.05, 3.63) is 38.2 Å². The lowest BCUT2D eigenvalue weighted by atomic mass is 9.99. The smallest absolute Gasteiger partial charge is 0.326 e. The van der Waals surface area contributed by atoms with Crippen LogP contribution < -0.4 is 5.32 Å². The number of carboxylic acids is 1. The zero-order chi connectivity index (χ0) is 17.0. The van der Waals surface area contributed by atoms with E-state index in [4.69, 9.17) is 5.11 Å². The Hall–Kier alpha value is -2.78. The first-order valence-electron chi connectivity index (χ1n) is 6.30. The number of nitrogens with one attached hydrogen (secondary N) is 1. The van der Waals surface area contributed by atoms with Gasteiger partial charge in [0, 0.05) is 6.07 Å². The van der Waals surface area contributed by atoms with Crippen molar-refractivity contribution in [2.45, 2.75) is 26.3 Å². The summed E-state index contributed by atoms with van der Waals surface area (Å²) in [6.07, 6.45) is 0.466. The molecule has 0 radical (unpaired) electrons. The summed E-state index contributed by atoms with van der Waals surface area (Å²) < 4.78 is 13.6. The van der Waals surface area contributed by atoms with E-state index >= 15 is 0 Å². The molecule has 0 heterocycles. The first kappa shape index (κ1) is 17.3. The van der Waals surface area contributed by atoms with Crippen LogP contribution in [0.1, 0.15) is 20.3 Å². The Labute approximate surface area is 124 Å². The predicted molar refractivity (Wildman–Crippen MR) is 74.2 cm³/mol. The second-order valence-corrected chi connectivity index (χ2v) is 4.68. The molecule has 0 unspecified atom stereocenters. The maximum atomic E-state index is 13.6. The number of carboxylic acid groups (broad SMARTS) is 1. The standard InChI is InChI=1S/C12H14FN3O6/c1-3-6(2)11(12(17)18)14-8-4-7(13)9(15(19)20)5-10(8)16(21)22/h4-6,11,14H,3H2,1-2H3,(H,17,18)/t6-,11-/m0/s1. The van der Waals surface area contributed by atoms with Gasteiger partial charge in [0.1, 0.15) is 11.7 Å². The number of nitrogens with zero attached hydrogens (tertiary/aromatic N) is 2. The number of nitro groups is 2. The molecule has 1 aromatic rings. The first-order valence-corrected chi connectivity index (χ1v) is 6.30. The molecular weight excluding hydrogens is 301 g/mol. The van der Waals surface area contributed by atoms with Crippen LogP contribution in [-0.2, 0) is 4.79 Å². The molecule has 10 heteroatoms. The lowest BCUT2D eigenvalue weighted by Gasteiger charge is -2.21. The zero-order valence-electron chi connectivity index (χ0n) is 11.8. The molecule has 0 aromatic heterocycles. The number of hydrogen-bond donors (Lipinski definition) is 2. The summed E-state index contributed by atoms with van der Waals surface area (Å²) in [7, 11) is 0. The number of nitro benzene ring substituents is 2. The van der Waals surface area contributed by atoms with Crippen LogP contribution >= 0.6 is 0 Å². The van der Waals surface area contributed by atoms with Gasteiger partial charge < -0.3 is 10.4 Å². The Morgan fingerprint density at radius 1 is 1.32 bits per heavy atom. The van der Waals surface area contributed by atoms with Crippen molar-refractivity contribution in [1.29, 1.82) is 0 Å². The minimum atomic E-state index is -1.29. The van der Waals surface area contributed by atoms with Gasteiger partial charge in [-0.15, -0.1) is 0 Å². The number of halogens is 1. The minimum absolute atomic E-state index is 0.393. The molecule has 0 bridgehead atoms. The highest BCUT2D eigenvalue weighted by atomic mass is 19.1. The number of rotatable bonds is 7. The fraction of sp³-hybridized carbons (Fsp3) is 0.417. The van der Waals surface area contributed by atoms with E-state index < -0.39 is 50.7 Å². The summed E-state index contributed by atoms with van der Waals surface area (Å²) in [5.41, 5.74) is -2.23. The largest absolute Gasteiger partial charge is 0.480 e. The van der Waals surface area contributed by atoms with Crippen LogP contribution in [0.4, 0.5) is 21.5 Å². The van der Waals surface area contributed by atoms with Crippen LogP contribution in [0.25, 0.3) is 0 Å². The molecule has 0 aliphatic rings. The summed E-state index contributed by atoms with van der Waals surface area (Å²) in [6, 6.07) is -0.161. The summed E-state index contributed by atoms with van der Waals surface area (Å²) >= 11 is 0. The summed E-state index contributed by atoms with van der Waals surface area (Å²) in [5.74, 6) is -2.94. The third kappa shape index (κ3) is 3.65. The fourth-order valence-electron chi connectivity index (χ4n) is 1.81. The Morgan fingerprint density at radius 2 is 1.86 bits per heavy atom. The third-order valence-corrected chi connectivity index (χ3v) is 3.25.